The van der Waals surface area contributed by atoms with Gasteiger partial charge < -0.3 is 24.3 Å². The van der Waals surface area contributed by atoms with Crippen molar-refractivity contribution in [1.82, 2.24) is 4.98 Å². The van der Waals surface area contributed by atoms with Crippen LogP contribution in [0.3, 0.4) is 0 Å². The van der Waals surface area contributed by atoms with Gasteiger partial charge in [-0.3, -0.25) is 4.79 Å². The predicted octanol–water partition coefficient (Wildman–Crippen LogP) is 5.62. The Bertz CT molecular complexity index is 1250. The second-order valence-electron chi connectivity index (χ2n) is 7.73. The summed E-state index contributed by atoms with van der Waals surface area (Å²) in [7, 11) is 3.15. The fraction of sp³-hybridized carbons (Fsp3) is 0.222. The van der Waals surface area contributed by atoms with Crippen LogP contribution in [0.2, 0.25) is 0 Å². The number of carboxylic acids is 1. The van der Waals surface area contributed by atoms with Crippen molar-refractivity contribution in [3.05, 3.63) is 77.4 Å². The maximum absolute atomic E-state index is 11.7. The molecule has 3 aromatic carbocycles. The van der Waals surface area contributed by atoms with Gasteiger partial charge in [-0.1, -0.05) is 55.5 Å². The summed E-state index contributed by atoms with van der Waals surface area (Å²) < 4.78 is 17.3. The Morgan fingerprint density at radius 1 is 0.970 bits per heavy atom. The van der Waals surface area contributed by atoms with Crippen LogP contribution >= 0.6 is 0 Å². The Morgan fingerprint density at radius 2 is 1.67 bits per heavy atom. The first-order valence-electron chi connectivity index (χ1n) is 10.8. The molecule has 6 nitrogen and oxygen atoms in total. The van der Waals surface area contributed by atoms with E-state index in [4.69, 9.17) is 14.2 Å². The number of aromatic amines is 1. The van der Waals surface area contributed by atoms with Crippen molar-refractivity contribution < 1.29 is 24.1 Å². The molecule has 0 aliphatic carbocycles. The van der Waals surface area contributed by atoms with Gasteiger partial charge in [-0.2, -0.15) is 0 Å². The van der Waals surface area contributed by atoms with Gasteiger partial charge in [-0.15, -0.1) is 0 Å². The van der Waals surface area contributed by atoms with Crippen LogP contribution in [-0.2, 0) is 24.2 Å². The quantitative estimate of drug-likeness (QED) is 0.349. The minimum Gasteiger partial charge on any atom is -0.493 e. The van der Waals surface area contributed by atoms with Crippen molar-refractivity contribution in [2.45, 2.75) is 26.4 Å². The summed E-state index contributed by atoms with van der Waals surface area (Å²) in [5, 5.41) is 10.5. The van der Waals surface area contributed by atoms with Gasteiger partial charge in [0.05, 0.1) is 26.3 Å². The number of hydrogen-bond donors (Lipinski definition) is 2. The SMILES string of the molecule is CCc1cccc2c(CC(=O)O)c(-c3cc(OC)c(OCc4ccccc4)c(OC)c3)[nH]c12. The van der Waals surface area contributed by atoms with Gasteiger partial charge in [0, 0.05) is 16.5 Å². The third-order valence-electron chi connectivity index (χ3n) is 5.71. The lowest BCUT2D eigenvalue weighted by atomic mass is 10.0. The lowest BCUT2D eigenvalue weighted by molar-refractivity contribution is -0.136. The van der Waals surface area contributed by atoms with E-state index >= 15 is 0 Å². The standard InChI is InChI=1S/C27H27NO5/c1-4-18-11-8-12-20-21(15-24(29)30)26(28-25(18)20)19-13-22(31-2)27(23(14-19)32-3)33-16-17-9-6-5-7-10-17/h5-14,28H,4,15-16H2,1-3H3,(H,29,30). The molecule has 0 saturated carbocycles. The minimum absolute atomic E-state index is 0.0978. The molecule has 1 aromatic heterocycles. The number of carbonyl (C=O) groups is 1. The molecule has 33 heavy (non-hydrogen) atoms. The molecule has 0 unspecified atom stereocenters. The molecule has 4 rings (SSSR count). The number of H-pyrrole nitrogens is 1. The number of aryl methyl sites for hydroxylation is 1. The largest absolute Gasteiger partial charge is 0.493 e. The molecule has 0 aliphatic heterocycles. The second-order valence-corrected chi connectivity index (χ2v) is 7.73. The van der Waals surface area contributed by atoms with Crippen molar-refractivity contribution >= 4 is 16.9 Å². The number of aliphatic carboxylic acids is 1. The highest BCUT2D eigenvalue weighted by molar-refractivity contribution is 5.96. The molecule has 0 atom stereocenters. The van der Waals surface area contributed by atoms with Crippen LogP contribution in [-0.4, -0.2) is 30.3 Å². The van der Waals surface area contributed by atoms with E-state index in [0.29, 0.717) is 23.9 Å². The third kappa shape index (κ3) is 4.51. The van der Waals surface area contributed by atoms with Gasteiger partial charge in [0.2, 0.25) is 5.75 Å². The molecule has 0 radical (unpaired) electrons. The lowest BCUT2D eigenvalue weighted by Crippen LogP contribution is -2.02. The number of ether oxygens (including phenoxy) is 3. The first kappa shape index (κ1) is 22.3. The number of carboxylic acid groups (broad SMARTS) is 1. The van der Waals surface area contributed by atoms with Crippen LogP contribution in [0.5, 0.6) is 17.2 Å². The smallest absolute Gasteiger partial charge is 0.307 e. The fourth-order valence-corrected chi connectivity index (χ4v) is 4.11. The zero-order valence-corrected chi connectivity index (χ0v) is 19.0. The average molecular weight is 446 g/mol. The molecule has 170 valence electrons. The van der Waals surface area contributed by atoms with Crippen LogP contribution in [0.1, 0.15) is 23.6 Å². The van der Waals surface area contributed by atoms with E-state index in [2.05, 4.69) is 18.0 Å². The number of methoxy groups -OCH3 is 2. The van der Waals surface area contributed by atoms with Gasteiger partial charge >= 0.3 is 5.97 Å². The van der Waals surface area contributed by atoms with Crippen molar-refractivity contribution in [2.75, 3.05) is 14.2 Å². The molecule has 6 heteroatoms. The molecule has 0 spiro atoms. The van der Waals surface area contributed by atoms with E-state index in [1.165, 1.54) is 0 Å². The molecule has 0 amide bonds. The number of benzene rings is 3. The maximum Gasteiger partial charge on any atom is 0.307 e. The van der Waals surface area contributed by atoms with Crippen LogP contribution in [0.4, 0.5) is 0 Å². The fourth-order valence-electron chi connectivity index (χ4n) is 4.11. The summed E-state index contributed by atoms with van der Waals surface area (Å²) in [6, 6.07) is 19.5. The summed E-state index contributed by atoms with van der Waals surface area (Å²) in [6.45, 7) is 2.44. The van der Waals surface area contributed by atoms with Crippen LogP contribution in [0.15, 0.2) is 60.7 Å². The Morgan fingerprint density at radius 3 is 2.27 bits per heavy atom. The first-order chi connectivity index (χ1) is 16.0. The summed E-state index contributed by atoms with van der Waals surface area (Å²) in [6.07, 6.45) is 0.738. The molecule has 1 heterocycles. The Labute approximate surface area is 192 Å². The zero-order chi connectivity index (χ0) is 23.4. The molecule has 4 aromatic rings. The molecule has 0 fully saturated rings. The van der Waals surface area contributed by atoms with Crippen molar-refractivity contribution in [3.63, 3.8) is 0 Å². The van der Waals surface area contributed by atoms with Gasteiger partial charge in [-0.25, -0.2) is 0 Å². The normalized spacial score (nSPS) is 10.9. The van der Waals surface area contributed by atoms with E-state index in [1.54, 1.807) is 14.2 Å². The summed E-state index contributed by atoms with van der Waals surface area (Å²) in [5.74, 6) is 0.630. The molecular formula is C27H27NO5. The van der Waals surface area contributed by atoms with Crippen LogP contribution < -0.4 is 14.2 Å². The maximum atomic E-state index is 11.7. The number of rotatable bonds is 9. The Kier molecular flexibility index (Phi) is 6.54. The summed E-state index contributed by atoms with van der Waals surface area (Å²) >= 11 is 0. The van der Waals surface area contributed by atoms with Gasteiger partial charge in [0.15, 0.2) is 11.5 Å². The van der Waals surface area contributed by atoms with E-state index in [9.17, 15) is 9.90 Å². The van der Waals surface area contributed by atoms with E-state index < -0.39 is 5.97 Å². The summed E-state index contributed by atoms with van der Waals surface area (Å²) in [5.41, 5.74) is 5.34. The highest BCUT2D eigenvalue weighted by Gasteiger charge is 2.21. The van der Waals surface area contributed by atoms with Gasteiger partial charge in [0.25, 0.3) is 0 Å². The second kappa shape index (κ2) is 9.69. The van der Waals surface area contributed by atoms with Crippen molar-refractivity contribution in [3.8, 4) is 28.5 Å². The van der Waals surface area contributed by atoms with Gasteiger partial charge in [0.1, 0.15) is 6.61 Å². The van der Waals surface area contributed by atoms with E-state index in [0.717, 1.165) is 45.3 Å². The van der Waals surface area contributed by atoms with Crippen molar-refractivity contribution in [2.24, 2.45) is 0 Å². The Balaban J connectivity index is 1.83. The average Bonchev–Trinajstić information content (AvgIpc) is 3.20. The molecule has 0 saturated heterocycles. The molecule has 2 N–H and O–H groups in total. The molecular weight excluding hydrogens is 418 g/mol. The lowest BCUT2D eigenvalue weighted by Gasteiger charge is -2.16. The highest BCUT2D eigenvalue weighted by atomic mass is 16.5. The molecule has 0 bridgehead atoms. The van der Waals surface area contributed by atoms with E-state index in [-0.39, 0.29) is 6.42 Å². The van der Waals surface area contributed by atoms with Gasteiger partial charge in [-0.05, 0) is 35.2 Å². The van der Waals surface area contributed by atoms with Crippen LogP contribution in [0.25, 0.3) is 22.2 Å². The van der Waals surface area contributed by atoms with Crippen molar-refractivity contribution in [1.29, 1.82) is 0 Å². The zero-order valence-electron chi connectivity index (χ0n) is 19.0. The third-order valence-corrected chi connectivity index (χ3v) is 5.71. The van der Waals surface area contributed by atoms with Crippen LogP contribution in [0, 0.1) is 0 Å². The monoisotopic (exact) mass is 445 g/mol. The topological polar surface area (TPSA) is 80.8 Å². The number of hydrogen-bond acceptors (Lipinski definition) is 4. The minimum atomic E-state index is -0.888. The first-order valence-corrected chi connectivity index (χ1v) is 10.8. The number of para-hydroxylation sites is 1. The number of fused-ring (bicyclic) bond motifs is 1. The number of nitrogens with one attached hydrogen (secondary N) is 1. The highest BCUT2D eigenvalue weighted by Crippen LogP contribution is 2.43. The molecule has 0 aliphatic rings. The van der Waals surface area contributed by atoms with E-state index in [1.807, 2.05) is 54.6 Å². The Hall–Kier alpha value is -3.93. The predicted molar refractivity (Wildman–Crippen MR) is 128 cm³/mol. The summed E-state index contributed by atoms with van der Waals surface area (Å²) in [4.78, 5) is 15.2. The number of aromatic nitrogens is 1.